The summed E-state index contributed by atoms with van der Waals surface area (Å²) in [7, 11) is 0. The average Bonchev–Trinajstić information content (AvgIpc) is 2.01. The lowest BCUT2D eigenvalue weighted by atomic mass is 9.67. The lowest BCUT2D eigenvalue weighted by Gasteiger charge is -2.77. The quantitative estimate of drug-likeness (QED) is 0.517. The molecule has 6 nitrogen and oxygen atoms in total. The van der Waals surface area contributed by atoms with Crippen molar-refractivity contribution in [3.05, 3.63) is 0 Å². The van der Waals surface area contributed by atoms with Gasteiger partial charge in [0.15, 0.2) is 0 Å². The molecule has 1 unspecified atom stereocenters. The molecule has 1 aliphatic carbocycles. The van der Waals surface area contributed by atoms with Crippen molar-refractivity contribution in [2.45, 2.75) is 43.0 Å². The van der Waals surface area contributed by atoms with Gasteiger partial charge in [0.2, 0.25) is 11.4 Å². The first-order chi connectivity index (χ1) is 6.33. The molecule has 4 aliphatic heterocycles. The summed E-state index contributed by atoms with van der Waals surface area (Å²) in [5.74, 6) is -1.78. The number of hydrogen-bond donors (Lipinski definition) is 0. The molecule has 0 aromatic heterocycles. The van der Waals surface area contributed by atoms with Crippen LogP contribution in [0.25, 0.3) is 0 Å². The number of hydrogen-bond acceptors (Lipinski definition) is 6. The zero-order chi connectivity index (χ0) is 8.57. The number of rotatable bonds is 0. The van der Waals surface area contributed by atoms with Crippen molar-refractivity contribution < 1.29 is 29.3 Å². The fourth-order valence-electron chi connectivity index (χ4n) is 2.68. The van der Waals surface area contributed by atoms with E-state index in [1.54, 1.807) is 0 Å². The second-order valence-electron chi connectivity index (χ2n) is 3.85. The lowest BCUT2D eigenvalue weighted by molar-refractivity contribution is -0.895. The molecule has 5 fully saturated rings. The van der Waals surface area contributed by atoms with Gasteiger partial charge in [-0.05, 0) is 29.3 Å². The van der Waals surface area contributed by atoms with Crippen LogP contribution in [0.4, 0.5) is 0 Å². The van der Waals surface area contributed by atoms with Crippen molar-refractivity contribution in [3.63, 3.8) is 0 Å². The highest BCUT2D eigenvalue weighted by Gasteiger charge is 2.96. The van der Waals surface area contributed by atoms with Gasteiger partial charge in [0.05, 0.1) is 0 Å². The number of ether oxygens (including phenoxy) is 2. The minimum absolute atomic E-state index is 0.587. The monoisotopic (exact) mass is 188 g/mol. The van der Waals surface area contributed by atoms with Gasteiger partial charge < -0.3 is 0 Å². The van der Waals surface area contributed by atoms with Crippen molar-refractivity contribution in [2.24, 2.45) is 0 Å². The van der Waals surface area contributed by atoms with Crippen molar-refractivity contribution in [3.8, 4) is 0 Å². The SMILES string of the molecule is C1CCC23OOOOC24OC3(C1)O4. The third-order valence-electron chi connectivity index (χ3n) is 3.34. The Morgan fingerprint density at radius 1 is 0.846 bits per heavy atom. The Morgan fingerprint density at radius 3 is 2.38 bits per heavy atom. The molecule has 0 N–H and O–H groups in total. The average molecular weight is 188 g/mol. The van der Waals surface area contributed by atoms with Crippen molar-refractivity contribution in [1.82, 2.24) is 0 Å². The molecule has 5 aliphatic rings. The van der Waals surface area contributed by atoms with Gasteiger partial charge in [-0.3, -0.25) is 9.47 Å². The molecule has 3 spiro atoms. The van der Waals surface area contributed by atoms with Gasteiger partial charge in [0.25, 0.3) is 0 Å². The topological polar surface area (TPSA) is 55.4 Å². The molecule has 1 saturated carbocycles. The fourth-order valence-corrected chi connectivity index (χ4v) is 2.68. The van der Waals surface area contributed by atoms with Gasteiger partial charge in [0, 0.05) is 6.42 Å². The molecule has 1 atom stereocenters. The van der Waals surface area contributed by atoms with Crippen LogP contribution in [0.2, 0.25) is 0 Å². The zero-order valence-electron chi connectivity index (χ0n) is 6.78. The zero-order valence-corrected chi connectivity index (χ0v) is 6.78. The van der Waals surface area contributed by atoms with Crippen LogP contribution in [0.3, 0.4) is 0 Å². The van der Waals surface area contributed by atoms with E-state index in [1.807, 2.05) is 0 Å². The third kappa shape index (κ3) is 0.491. The highest BCUT2D eigenvalue weighted by Crippen LogP contribution is 2.73. The molecule has 4 saturated heterocycles. The van der Waals surface area contributed by atoms with E-state index in [-0.39, 0.29) is 0 Å². The Labute approximate surface area is 73.4 Å². The van der Waals surface area contributed by atoms with Crippen LogP contribution < -0.4 is 0 Å². The van der Waals surface area contributed by atoms with E-state index in [4.69, 9.17) is 19.2 Å². The molecule has 0 aromatic carbocycles. The van der Waals surface area contributed by atoms with Gasteiger partial charge >= 0.3 is 5.97 Å². The first-order valence-corrected chi connectivity index (χ1v) is 4.43. The summed E-state index contributed by atoms with van der Waals surface area (Å²) >= 11 is 0. The molecule has 0 radical (unpaired) electrons. The summed E-state index contributed by atoms with van der Waals surface area (Å²) in [5.41, 5.74) is -0.587. The van der Waals surface area contributed by atoms with E-state index in [0.29, 0.717) is 0 Å². The second-order valence-corrected chi connectivity index (χ2v) is 3.85. The predicted molar refractivity (Wildman–Crippen MR) is 33.2 cm³/mol. The predicted octanol–water partition coefficient (Wildman–Crippen LogP) is 0.535. The highest BCUT2D eigenvalue weighted by molar-refractivity contribution is 5.22. The molecule has 4 heterocycles. The Balaban J connectivity index is 1.77. The molecule has 5 rings (SSSR count). The normalized spacial score (nSPS) is 62.8. The molecule has 0 aromatic rings. The van der Waals surface area contributed by atoms with Gasteiger partial charge in [0.1, 0.15) is 0 Å². The Kier molecular flexibility index (Phi) is 0.966. The van der Waals surface area contributed by atoms with Gasteiger partial charge in [-0.1, -0.05) is 0 Å². The Morgan fingerprint density at radius 2 is 1.62 bits per heavy atom. The van der Waals surface area contributed by atoms with E-state index in [2.05, 4.69) is 10.1 Å². The molecular formula is C7H8O6. The van der Waals surface area contributed by atoms with E-state index in [1.165, 1.54) is 0 Å². The molecule has 72 valence electrons. The summed E-state index contributed by atoms with van der Waals surface area (Å²) in [6.07, 6.45) is 3.77. The van der Waals surface area contributed by atoms with E-state index in [9.17, 15) is 0 Å². The van der Waals surface area contributed by atoms with Crippen LogP contribution in [0.15, 0.2) is 0 Å². The van der Waals surface area contributed by atoms with E-state index >= 15 is 0 Å². The van der Waals surface area contributed by atoms with Crippen LogP contribution in [0.1, 0.15) is 25.7 Å². The van der Waals surface area contributed by atoms with Crippen molar-refractivity contribution >= 4 is 0 Å². The minimum atomic E-state index is -1.15. The maximum Gasteiger partial charge on any atom is 0.359 e. The van der Waals surface area contributed by atoms with Crippen LogP contribution in [0.5, 0.6) is 0 Å². The Hall–Kier alpha value is -0.240. The lowest BCUT2D eigenvalue weighted by Crippen LogP contribution is -2.98. The molecule has 0 amide bonds. The highest BCUT2D eigenvalue weighted by atomic mass is 17.7. The molecule has 2 bridgehead atoms. The second kappa shape index (κ2) is 1.77. The van der Waals surface area contributed by atoms with E-state index in [0.717, 1.165) is 25.7 Å². The van der Waals surface area contributed by atoms with Gasteiger partial charge in [-0.2, -0.15) is 4.89 Å². The van der Waals surface area contributed by atoms with Crippen LogP contribution in [0, 0.1) is 0 Å². The van der Waals surface area contributed by atoms with Crippen LogP contribution >= 0.6 is 0 Å². The van der Waals surface area contributed by atoms with Crippen LogP contribution in [-0.4, -0.2) is 17.4 Å². The first-order valence-electron chi connectivity index (χ1n) is 4.43. The summed E-state index contributed by atoms with van der Waals surface area (Å²) < 4.78 is 10.9. The van der Waals surface area contributed by atoms with Crippen molar-refractivity contribution in [2.75, 3.05) is 0 Å². The molecule has 13 heavy (non-hydrogen) atoms. The molecular weight excluding hydrogens is 180 g/mol. The summed E-state index contributed by atoms with van der Waals surface area (Å²) in [4.78, 5) is 9.91. The van der Waals surface area contributed by atoms with Gasteiger partial charge in [-0.15, -0.1) is 4.89 Å². The molecule has 6 heteroatoms. The first kappa shape index (κ1) is 7.10. The van der Waals surface area contributed by atoms with Gasteiger partial charge in [-0.25, -0.2) is 0 Å². The maximum atomic E-state index is 5.43. The standard InChI is InChI=1S/C7H8O6/c1-2-4-6-5(3-1)7(8-6,9-6)11-13-12-10-5/h1-4H2. The third-order valence-corrected chi connectivity index (χ3v) is 3.34. The summed E-state index contributed by atoms with van der Waals surface area (Å²) in [5, 5.41) is 8.58. The van der Waals surface area contributed by atoms with Crippen LogP contribution in [-0.2, 0) is 29.3 Å². The largest absolute Gasteiger partial charge is 0.359 e. The summed E-state index contributed by atoms with van der Waals surface area (Å²) in [6, 6.07) is 0. The minimum Gasteiger partial charge on any atom is -0.286 e. The fraction of sp³-hybridized carbons (Fsp3) is 1.00. The van der Waals surface area contributed by atoms with E-state index < -0.39 is 17.4 Å². The Bertz CT molecular complexity index is 244. The smallest absolute Gasteiger partial charge is 0.286 e. The summed E-state index contributed by atoms with van der Waals surface area (Å²) in [6.45, 7) is 0. The maximum absolute atomic E-state index is 5.43. The van der Waals surface area contributed by atoms with Crippen molar-refractivity contribution in [1.29, 1.82) is 0 Å².